The molecule has 2 aromatic carbocycles. The number of hydrogen-bond acceptors (Lipinski definition) is 3. The maximum atomic E-state index is 12.2. The van der Waals surface area contributed by atoms with E-state index in [1.807, 2.05) is 18.2 Å². The first kappa shape index (κ1) is 17.2. The van der Waals surface area contributed by atoms with E-state index in [-0.39, 0.29) is 24.4 Å². The van der Waals surface area contributed by atoms with Gasteiger partial charge in [0.1, 0.15) is 0 Å². The van der Waals surface area contributed by atoms with Gasteiger partial charge in [-0.25, -0.2) is 4.79 Å². The number of nitrogens with zero attached hydrogens (tertiary/aromatic N) is 1. The monoisotopic (exact) mass is 401 g/mol. The molecule has 0 radical (unpaired) electrons. The molecule has 128 valence electrons. The molecule has 7 heteroatoms. The van der Waals surface area contributed by atoms with Crippen molar-refractivity contribution in [2.45, 2.75) is 6.42 Å². The highest BCUT2D eigenvalue weighted by Crippen LogP contribution is 2.22. The molecule has 0 unspecified atom stereocenters. The van der Waals surface area contributed by atoms with Gasteiger partial charge >= 0.3 is 6.03 Å². The van der Waals surface area contributed by atoms with E-state index in [9.17, 15) is 14.4 Å². The topological polar surface area (TPSA) is 78.5 Å². The lowest BCUT2D eigenvalue weighted by Gasteiger charge is -2.14. The summed E-state index contributed by atoms with van der Waals surface area (Å²) in [5.74, 6) is -0.559. The average Bonchev–Trinajstić information content (AvgIpc) is 2.86. The molecule has 0 aliphatic carbocycles. The summed E-state index contributed by atoms with van der Waals surface area (Å²) in [5, 5.41) is 5.44. The molecule has 0 aromatic heterocycles. The molecule has 6 nitrogen and oxygen atoms in total. The molecule has 0 saturated heterocycles. The SMILES string of the molecule is O=C(NCCCN1C(=O)c2ccccc2C1=O)Nc1ccccc1Br. The Labute approximate surface area is 153 Å². The lowest BCUT2D eigenvalue weighted by Crippen LogP contribution is -2.35. The third-order valence-corrected chi connectivity index (χ3v) is 4.54. The number of nitrogens with one attached hydrogen (secondary N) is 2. The van der Waals surface area contributed by atoms with Crippen LogP contribution in [0.3, 0.4) is 0 Å². The van der Waals surface area contributed by atoms with Crippen molar-refractivity contribution in [1.82, 2.24) is 10.2 Å². The molecule has 3 rings (SSSR count). The second-order valence-electron chi connectivity index (χ2n) is 5.52. The summed E-state index contributed by atoms with van der Waals surface area (Å²) in [7, 11) is 0. The van der Waals surface area contributed by atoms with Gasteiger partial charge in [-0.3, -0.25) is 14.5 Å². The van der Waals surface area contributed by atoms with Crippen LogP contribution in [0.4, 0.5) is 10.5 Å². The van der Waals surface area contributed by atoms with Gasteiger partial charge in [0.25, 0.3) is 11.8 Å². The predicted molar refractivity (Wildman–Crippen MR) is 97.6 cm³/mol. The zero-order valence-corrected chi connectivity index (χ0v) is 14.9. The Bertz CT molecular complexity index is 803. The molecule has 1 heterocycles. The van der Waals surface area contributed by atoms with Crippen molar-refractivity contribution in [3.8, 4) is 0 Å². The highest BCUT2D eigenvalue weighted by atomic mass is 79.9. The van der Waals surface area contributed by atoms with Gasteiger partial charge in [0.2, 0.25) is 0 Å². The van der Waals surface area contributed by atoms with Crippen LogP contribution in [0.5, 0.6) is 0 Å². The Morgan fingerprint density at radius 2 is 1.56 bits per heavy atom. The van der Waals surface area contributed by atoms with E-state index in [0.717, 1.165) is 4.47 Å². The number of carbonyl (C=O) groups excluding carboxylic acids is 3. The Morgan fingerprint density at radius 1 is 0.960 bits per heavy atom. The number of imide groups is 1. The van der Waals surface area contributed by atoms with Gasteiger partial charge in [-0.05, 0) is 46.6 Å². The normalized spacial score (nSPS) is 12.9. The molecule has 0 bridgehead atoms. The molecule has 25 heavy (non-hydrogen) atoms. The predicted octanol–water partition coefficient (Wildman–Crippen LogP) is 3.26. The summed E-state index contributed by atoms with van der Waals surface area (Å²) in [6.45, 7) is 0.616. The van der Waals surface area contributed by atoms with Crippen molar-refractivity contribution in [3.63, 3.8) is 0 Å². The quantitative estimate of drug-likeness (QED) is 0.595. The molecule has 1 aliphatic heterocycles. The van der Waals surface area contributed by atoms with Crippen molar-refractivity contribution in [1.29, 1.82) is 0 Å². The van der Waals surface area contributed by atoms with Crippen LogP contribution in [0.1, 0.15) is 27.1 Å². The van der Waals surface area contributed by atoms with Crippen molar-refractivity contribution in [3.05, 3.63) is 64.1 Å². The Hall–Kier alpha value is -2.67. The van der Waals surface area contributed by atoms with E-state index in [1.165, 1.54) is 4.90 Å². The smallest absolute Gasteiger partial charge is 0.319 e. The van der Waals surface area contributed by atoms with E-state index >= 15 is 0 Å². The van der Waals surface area contributed by atoms with Gasteiger partial charge in [-0.2, -0.15) is 0 Å². The first-order valence-electron chi connectivity index (χ1n) is 7.82. The van der Waals surface area contributed by atoms with E-state index in [1.54, 1.807) is 30.3 Å². The standard InChI is InChI=1S/C18H16BrN3O3/c19-14-8-3-4-9-15(14)21-18(25)20-10-5-11-22-16(23)12-6-1-2-7-13(12)17(22)24/h1-4,6-9H,5,10-11H2,(H2,20,21,25). The van der Waals surface area contributed by atoms with Gasteiger partial charge < -0.3 is 10.6 Å². The molecule has 2 aromatic rings. The Morgan fingerprint density at radius 3 is 2.20 bits per heavy atom. The zero-order valence-electron chi connectivity index (χ0n) is 13.3. The third kappa shape index (κ3) is 3.71. The fourth-order valence-electron chi connectivity index (χ4n) is 2.61. The van der Waals surface area contributed by atoms with Crippen LogP contribution in [0.2, 0.25) is 0 Å². The number of halogens is 1. The lowest BCUT2D eigenvalue weighted by atomic mass is 10.1. The van der Waals surface area contributed by atoms with Crippen LogP contribution < -0.4 is 10.6 Å². The number of fused-ring (bicyclic) bond motifs is 1. The van der Waals surface area contributed by atoms with Crippen LogP contribution in [0.15, 0.2) is 53.0 Å². The van der Waals surface area contributed by atoms with E-state index < -0.39 is 0 Å². The van der Waals surface area contributed by atoms with Gasteiger partial charge in [-0.1, -0.05) is 24.3 Å². The molecule has 4 amide bonds. The molecule has 0 atom stereocenters. The van der Waals surface area contributed by atoms with Crippen LogP contribution in [0, 0.1) is 0 Å². The summed E-state index contributed by atoms with van der Waals surface area (Å²) in [6.07, 6.45) is 0.481. The highest BCUT2D eigenvalue weighted by molar-refractivity contribution is 9.10. The Balaban J connectivity index is 1.46. The van der Waals surface area contributed by atoms with Gasteiger partial charge in [0.15, 0.2) is 0 Å². The molecule has 0 saturated carbocycles. The van der Waals surface area contributed by atoms with E-state index in [4.69, 9.17) is 0 Å². The van der Waals surface area contributed by atoms with Crippen LogP contribution in [-0.2, 0) is 0 Å². The number of hydrogen-bond donors (Lipinski definition) is 2. The lowest BCUT2D eigenvalue weighted by molar-refractivity contribution is 0.0653. The summed E-state index contributed by atoms with van der Waals surface area (Å²) in [4.78, 5) is 37.5. The van der Waals surface area contributed by atoms with Crippen molar-refractivity contribution < 1.29 is 14.4 Å². The number of urea groups is 1. The summed E-state index contributed by atoms with van der Waals surface area (Å²) in [6, 6.07) is 13.7. The number of para-hydroxylation sites is 1. The van der Waals surface area contributed by atoms with Gasteiger partial charge in [0.05, 0.1) is 16.8 Å². The second kappa shape index (κ2) is 7.48. The van der Waals surface area contributed by atoms with Gasteiger partial charge in [0, 0.05) is 17.6 Å². The summed E-state index contributed by atoms with van der Waals surface area (Å²) >= 11 is 3.35. The first-order valence-corrected chi connectivity index (χ1v) is 8.62. The first-order chi connectivity index (χ1) is 12.1. The summed E-state index contributed by atoms with van der Waals surface area (Å²) in [5.41, 5.74) is 1.54. The summed E-state index contributed by atoms with van der Waals surface area (Å²) < 4.78 is 0.788. The number of carbonyl (C=O) groups is 3. The van der Waals surface area contributed by atoms with E-state index in [2.05, 4.69) is 26.6 Å². The number of rotatable bonds is 5. The van der Waals surface area contributed by atoms with Gasteiger partial charge in [-0.15, -0.1) is 0 Å². The van der Waals surface area contributed by atoms with Crippen molar-refractivity contribution in [2.24, 2.45) is 0 Å². The number of benzene rings is 2. The molecular formula is C18H16BrN3O3. The van der Waals surface area contributed by atoms with E-state index in [0.29, 0.717) is 29.8 Å². The van der Waals surface area contributed by atoms with Crippen LogP contribution in [-0.4, -0.2) is 35.8 Å². The minimum Gasteiger partial charge on any atom is -0.338 e. The molecule has 0 spiro atoms. The fourth-order valence-corrected chi connectivity index (χ4v) is 2.99. The zero-order chi connectivity index (χ0) is 17.8. The average molecular weight is 402 g/mol. The minimum atomic E-state index is -0.339. The molecule has 1 aliphatic rings. The molecular weight excluding hydrogens is 386 g/mol. The second-order valence-corrected chi connectivity index (χ2v) is 6.38. The van der Waals surface area contributed by atoms with Crippen molar-refractivity contribution >= 4 is 39.5 Å². The Kier molecular flexibility index (Phi) is 5.14. The third-order valence-electron chi connectivity index (χ3n) is 3.84. The van der Waals surface area contributed by atoms with Crippen LogP contribution in [0.25, 0.3) is 0 Å². The van der Waals surface area contributed by atoms with Crippen LogP contribution >= 0.6 is 15.9 Å². The largest absolute Gasteiger partial charge is 0.338 e. The maximum absolute atomic E-state index is 12.2. The maximum Gasteiger partial charge on any atom is 0.319 e. The van der Waals surface area contributed by atoms with Crippen molar-refractivity contribution in [2.75, 3.05) is 18.4 Å². The highest BCUT2D eigenvalue weighted by Gasteiger charge is 2.34. The molecule has 2 N–H and O–H groups in total. The molecule has 0 fully saturated rings. The number of anilines is 1. The number of amides is 4. The minimum absolute atomic E-state index is 0.266. The fraction of sp³-hybridized carbons (Fsp3) is 0.167.